The number of hydrogen-bond acceptors (Lipinski definition) is 6. The van der Waals surface area contributed by atoms with Gasteiger partial charge < -0.3 is 10.1 Å². The average Bonchev–Trinajstić information content (AvgIpc) is 2.80. The number of aryl methyl sites for hydroxylation is 1. The molecule has 3 heterocycles. The number of nitrogens with one attached hydrogen (secondary N) is 1. The highest BCUT2D eigenvalue weighted by Gasteiger charge is 2.37. The van der Waals surface area contributed by atoms with Gasteiger partial charge in [0, 0.05) is 67.1 Å². The molecule has 0 bridgehead atoms. The van der Waals surface area contributed by atoms with E-state index >= 15 is 0 Å². The smallest absolute Gasteiger partial charge is 0.316 e. The molecule has 1 unspecified atom stereocenters. The van der Waals surface area contributed by atoms with Crippen molar-refractivity contribution in [1.82, 2.24) is 25.2 Å². The number of nitrogens with zero attached hydrogens (tertiary/aromatic N) is 4. The number of halogens is 2. The molecule has 1 aromatic carbocycles. The van der Waals surface area contributed by atoms with E-state index in [0.29, 0.717) is 12.2 Å². The van der Waals surface area contributed by atoms with E-state index < -0.39 is 5.92 Å². The van der Waals surface area contributed by atoms with Crippen LogP contribution in [0.15, 0.2) is 42.7 Å². The van der Waals surface area contributed by atoms with Gasteiger partial charge in [-0.25, -0.2) is 18.7 Å². The number of piperidine rings is 1. The van der Waals surface area contributed by atoms with Crippen LogP contribution in [-0.4, -0.2) is 57.9 Å². The third kappa shape index (κ3) is 5.42. The van der Waals surface area contributed by atoms with Gasteiger partial charge in [0.2, 0.25) is 0 Å². The molecule has 0 spiro atoms. The van der Waals surface area contributed by atoms with Gasteiger partial charge in [-0.2, -0.15) is 0 Å². The predicted molar refractivity (Wildman–Crippen MR) is 121 cm³/mol. The first-order chi connectivity index (χ1) is 15.9. The van der Waals surface area contributed by atoms with Gasteiger partial charge in [-0.15, -0.1) is 0 Å². The van der Waals surface area contributed by atoms with Crippen LogP contribution in [0.1, 0.15) is 47.4 Å². The van der Waals surface area contributed by atoms with Crippen molar-refractivity contribution in [1.29, 1.82) is 0 Å². The zero-order valence-electron chi connectivity index (χ0n) is 18.7. The summed E-state index contributed by atoms with van der Waals surface area (Å²) in [6.07, 6.45) is 2.83. The van der Waals surface area contributed by atoms with Crippen molar-refractivity contribution in [2.75, 3.05) is 26.2 Å². The van der Waals surface area contributed by atoms with E-state index in [1.165, 1.54) is 0 Å². The van der Waals surface area contributed by atoms with Crippen LogP contribution in [0.2, 0.25) is 0 Å². The minimum Gasteiger partial charge on any atom is -0.464 e. The van der Waals surface area contributed by atoms with Crippen LogP contribution in [0, 0.1) is 6.92 Å². The van der Waals surface area contributed by atoms with E-state index in [0.717, 1.165) is 22.2 Å². The summed E-state index contributed by atoms with van der Waals surface area (Å²) in [6.45, 7) is 4.86. The maximum Gasteiger partial charge on any atom is 0.316 e. The maximum absolute atomic E-state index is 13.7. The fourth-order valence-corrected chi connectivity index (χ4v) is 4.06. The van der Waals surface area contributed by atoms with Crippen LogP contribution in [0.3, 0.4) is 0 Å². The van der Waals surface area contributed by atoms with Crippen LogP contribution in [-0.2, 0) is 0 Å². The number of benzene rings is 1. The van der Waals surface area contributed by atoms with Crippen LogP contribution in [0.4, 0.5) is 8.78 Å². The fraction of sp³-hybridized carbons (Fsp3) is 0.417. The minimum absolute atomic E-state index is 0.219. The van der Waals surface area contributed by atoms with Crippen molar-refractivity contribution < 1.29 is 18.3 Å². The molecule has 9 heteroatoms. The maximum atomic E-state index is 13.7. The molecule has 0 saturated carbocycles. The molecule has 1 atom stereocenters. The quantitative estimate of drug-likeness (QED) is 0.582. The number of amides is 1. The lowest BCUT2D eigenvalue weighted by atomic mass is 10.0. The highest BCUT2D eigenvalue weighted by atomic mass is 19.3. The summed E-state index contributed by atoms with van der Waals surface area (Å²) in [5.74, 6) is -2.90. The van der Waals surface area contributed by atoms with E-state index in [-0.39, 0.29) is 50.4 Å². The van der Waals surface area contributed by atoms with Gasteiger partial charge in [0.15, 0.2) is 0 Å². The molecule has 1 amide bonds. The summed E-state index contributed by atoms with van der Waals surface area (Å²) in [7, 11) is 0. The average molecular weight is 456 g/mol. The molecule has 1 N–H and O–H groups in total. The number of hydrogen-bond donors (Lipinski definition) is 1. The standard InChI is InChI=1S/C24H27F2N5O2/c1-3-33-23-28-13-17(14-29-23)21(31-11-9-24(25,26)10-12-31)15-27-22(32)19-5-4-6-20-18(19)8-7-16(2)30-20/h4-8,13-14,21H,3,9-12,15H2,1-2H3,(H,27,32). The Morgan fingerprint density at radius 2 is 1.91 bits per heavy atom. The van der Waals surface area contributed by atoms with Crippen LogP contribution < -0.4 is 10.1 Å². The monoisotopic (exact) mass is 455 g/mol. The molecule has 3 aromatic rings. The second kappa shape index (κ2) is 9.74. The summed E-state index contributed by atoms with van der Waals surface area (Å²) in [5.41, 5.74) is 2.88. The zero-order valence-corrected chi connectivity index (χ0v) is 18.7. The molecular weight excluding hydrogens is 428 g/mol. The van der Waals surface area contributed by atoms with Gasteiger partial charge in [-0.1, -0.05) is 12.1 Å². The van der Waals surface area contributed by atoms with Gasteiger partial charge in [0.1, 0.15) is 0 Å². The SMILES string of the molecule is CCOc1ncc(C(CNC(=O)c2cccc3nc(C)ccc23)N2CCC(F)(F)CC2)cn1. The van der Waals surface area contributed by atoms with Gasteiger partial charge in [0.05, 0.1) is 18.2 Å². The lowest BCUT2D eigenvalue weighted by Gasteiger charge is -2.37. The molecule has 2 aromatic heterocycles. The molecular formula is C24H27F2N5O2. The lowest BCUT2D eigenvalue weighted by molar-refractivity contribution is -0.0632. The number of carbonyl (C=O) groups excluding carboxylic acids is 1. The molecule has 0 radical (unpaired) electrons. The molecule has 4 rings (SSSR count). The van der Waals surface area contributed by atoms with E-state index in [2.05, 4.69) is 20.3 Å². The third-order valence-corrected chi connectivity index (χ3v) is 5.85. The predicted octanol–water partition coefficient (Wildman–Crippen LogP) is 3.93. The molecule has 174 valence electrons. The van der Waals surface area contributed by atoms with Crippen LogP contribution in [0.25, 0.3) is 10.9 Å². The van der Waals surface area contributed by atoms with Crippen molar-refractivity contribution in [2.24, 2.45) is 0 Å². The molecule has 33 heavy (non-hydrogen) atoms. The normalized spacial score (nSPS) is 17.0. The molecule has 1 aliphatic heterocycles. The molecule has 1 saturated heterocycles. The Morgan fingerprint density at radius 1 is 1.18 bits per heavy atom. The highest BCUT2D eigenvalue weighted by Crippen LogP contribution is 2.32. The summed E-state index contributed by atoms with van der Waals surface area (Å²) in [6, 6.07) is 9.10. The largest absolute Gasteiger partial charge is 0.464 e. The second-order valence-electron chi connectivity index (χ2n) is 8.17. The summed E-state index contributed by atoms with van der Waals surface area (Å²) in [5, 5.41) is 3.74. The Bertz CT molecular complexity index is 1110. The fourth-order valence-electron chi connectivity index (χ4n) is 4.06. The number of fused-ring (bicyclic) bond motifs is 1. The Labute approximate surface area is 191 Å². The van der Waals surface area contributed by atoms with Crippen molar-refractivity contribution in [2.45, 2.75) is 38.7 Å². The van der Waals surface area contributed by atoms with Crippen molar-refractivity contribution in [3.8, 4) is 6.01 Å². The van der Waals surface area contributed by atoms with Gasteiger partial charge >= 0.3 is 6.01 Å². The summed E-state index contributed by atoms with van der Waals surface area (Å²) in [4.78, 5) is 27.9. The van der Waals surface area contributed by atoms with Gasteiger partial charge in [0.25, 0.3) is 11.8 Å². The van der Waals surface area contributed by atoms with Crippen molar-refractivity contribution >= 4 is 16.8 Å². The number of aromatic nitrogens is 3. The van der Waals surface area contributed by atoms with E-state index in [1.807, 2.05) is 36.9 Å². The Morgan fingerprint density at radius 3 is 2.61 bits per heavy atom. The van der Waals surface area contributed by atoms with E-state index in [1.54, 1.807) is 24.5 Å². The number of alkyl halides is 2. The van der Waals surface area contributed by atoms with Crippen LogP contribution in [0.5, 0.6) is 6.01 Å². The second-order valence-corrected chi connectivity index (χ2v) is 8.17. The first kappa shape index (κ1) is 23.0. The first-order valence-corrected chi connectivity index (χ1v) is 11.1. The van der Waals surface area contributed by atoms with Gasteiger partial charge in [-0.3, -0.25) is 14.7 Å². The zero-order chi connectivity index (χ0) is 23.4. The first-order valence-electron chi connectivity index (χ1n) is 11.1. The number of pyridine rings is 1. The number of rotatable bonds is 7. The number of carbonyl (C=O) groups is 1. The highest BCUT2D eigenvalue weighted by molar-refractivity contribution is 6.06. The molecule has 1 aliphatic rings. The molecule has 1 fully saturated rings. The van der Waals surface area contributed by atoms with Crippen molar-refractivity contribution in [3.63, 3.8) is 0 Å². The Kier molecular flexibility index (Phi) is 6.78. The number of ether oxygens (including phenoxy) is 1. The lowest BCUT2D eigenvalue weighted by Crippen LogP contribution is -2.45. The van der Waals surface area contributed by atoms with Crippen LogP contribution >= 0.6 is 0 Å². The topological polar surface area (TPSA) is 80.2 Å². The Balaban J connectivity index is 1.54. The van der Waals surface area contributed by atoms with Crippen molar-refractivity contribution in [3.05, 3.63) is 59.5 Å². The molecule has 7 nitrogen and oxygen atoms in total. The number of likely N-dealkylation sites (tertiary alicyclic amines) is 1. The van der Waals surface area contributed by atoms with E-state index in [9.17, 15) is 13.6 Å². The molecule has 0 aliphatic carbocycles. The minimum atomic E-state index is -2.66. The van der Waals surface area contributed by atoms with Gasteiger partial charge in [-0.05, 0) is 32.0 Å². The third-order valence-electron chi connectivity index (χ3n) is 5.85. The van der Waals surface area contributed by atoms with E-state index in [4.69, 9.17) is 4.74 Å². The summed E-state index contributed by atoms with van der Waals surface area (Å²) >= 11 is 0. The Hall–Kier alpha value is -3.20. The summed E-state index contributed by atoms with van der Waals surface area (Å²) < 4.78 is 32.8.